The number of aliphatic hydroxyl groups is 1. The molecule has 0 unspecified atom stereocenters. The van der Waals surface area contributed by atoms with Crippen molar-refractivity contribution in [3.63, 3.8) is 0 Å². The lowest BCUT2D eigenvalue weighted by Crippen LogP contribution is -2.38. The van der Waals surface area contributed by atoms with E-state index in [1.807, 2.05) is 0 Å². The summed E-state index contributed by atoms with van der Waals surface area (Å²) >= 11 is 1.17. The third kappa shape index (κ3) is 6.15. The van der Waals surface area contributed by atoms with Crippen LogP contribution in [0.25, 0.3) is 10.4 Å². The van der Waals surface area contributed by atoms with Gasteiger partial charge in [-0.3, -0.25) is 18.8 Å². The van der Waals surface area contributed by atoms with Gasteiger partial charge in [-0.2, -0.15) is 10.6 Å². The molecule has 0 aliphatic carbocycles. The van der Waals surface area contributed by atoms with Crippen LogP contribution in [0.2, 0.25) is 0 Å². The van der Waals surface area contributed by atoms with Gasteiger partial charge in [0.1, 0.15) is 22.5 Å². The van der Waals surface area contributed by atoms with Crippen molar-refractivity contribution in [2.75, 3.05) is 29.9 Å². The first-order valence-electron chi connectivity index (χ1n) is 10.9. The van der Waals surface area contributed by atoms with Crippen molar-refractivity contribution in [2.24, 2.45) is 5.73 Å². The fraction of sp³-hybridized carbons (Fsp3) is 0.348. The van der Waals surface area contributed by atoms with Crippen LogP contribution >= 0.6 is 21.9 Å². The molecule has 2 aromatic heterocycles. The van der Waals surface area contributed by atoms with Gasteiger partial charge < -0.3 is 16.2 Å². The minimum Gasteiger partial charge on any atom is -0.386 e. The molecule has 0 saturated carbocycles. The van der Waals surface area contributed by atoms with Gasteiger partial charge in [0.25, 0.3) is 5.91 Å². The predicted molar refractivity (Wildman–Crippen MR) is 137 cm³/mol. The third-order valence-corrected chi connectivity index (χ3v) is 8.48. The SMILES string of the molecule is CC(C)(O)c1ccc(-c2cc(C(N)=O)c(Nc3ccnc(CN4CCS(O)(O)CC4)n3)s2)c(F)c1. The second-order valence-corrected chi connectivity index (χ2v) is 12.4. The Bertz CT molecular complexity index is 1230. The zero-order valence-corrected chi connectivity index (χ0v) is 21.0. The number of nitrogens with two attached hydrogens (primary N) is 1. The first-order chi connectivity index (χ1) is 16.4. The van der Waals surface area contributed by atoms with Crippen LogP contribution in [0.4, 0.5) is 15.2 Å². The summed E-state index contributed by atoms with van der Waals surface area (Å²) < 4.78 is 34.4. The van der Waals surface area contributed by atoms with Gasteiger partial charge in [0.15, 0.2) is 0 Å². The van der Waals surface area contributed by atoms with Crippen molar-refractivity contribution >= 4 is 38.7 Å². The quantitative estimate of drug-likeness (QED) is 0.314. The highest BCUT2D eigenvalue weighted by molar-refractivity contribution is 8.24. The van der Waals surface area contributed by atoms with Gasteiger partial charge >= 0.3 is 0 Å². The van der Waals surface area contributed by atoms with E-state index < -0.39 is 27.9 Å². The third-order valence-electron chi connectivity index (χ3n) is 5.72. The highest BCUT2D eigenvalue weighted by Gasteiger charge is 2.23. The van der Waals surface area contributed by atoms with Gasteiger partial charge in [-0.15, -0.1) is 11.3 Å². The van der Waals surface area contributed by atoms with E-state index in [-0.39, 0.29) is 11.1 Å². The van der Waals surface area contributed by atoms with Crippen LogP contribution in [0.15, 0.2) is 36.5 Å². The summed E-state index contributed by atoms with van der Waals surface area (Å²) in [6.07, 6.45) is 1.59. The summed E-state index contributed by atoms with van der Waals surface area (Å²) in [6, 6.07) is 7.68. The zero-order chi connectivity index (χ0) is 25.4. The molecule has 4 rings (SSSR count). The molecule has 1 aliphatic rings. The van der Waals surface area contributed by atoms with Crippen molar-refractivity contribution in [2.45, 2.75) is 26.0 Å². The number of nitrogens with one attached hydrogen (secondary N) is 1. The molecule has 0 atom stereocenters. The normalized spacial score (nSPS) is 17.2. The molecule has 1 aliphatic heterocycles. The molecule has 0 radical (unpaired) electrons. The standard InChI is InChI=1S/C23H28FN5O4S2/c1-23(2,31)14-3-4-15(17(24)11-14)18-12-16(21(25)30)22(34-18)28-19-5-6-26-20(27-19)13-29-7-9-35(32,33)10-8-29/h3-6,11-12,31-33H,7-10,13H2,1-2H3,(H2,25,30)(H,26,27,28). The first-order valence-corrected chi connectivity index (χ1v) is 13.6. The van der Waals surface area contributed by atoms with Crippen molar-refractivity contribution in [3.8, 4) is 10.4 Å². The molecule has 35 heavy (non-hydrogen) atoms. The number of rotatable bonds is 7. The number of benzene rings is 1. The van der Waals surface area contributed by atoms with Gasteiger partial charge in [-0.1, -0.05) is 12.1 Å². The van der Waals surface area contributed by atoms with Crippen LogP contribution in [0, 0.1) is 5.82 Å². The van der Waals surface area contributed by atoms with Crippen LogP contribution < -0.4 is 11.1 Å². The number of thiophene rings is 1. The Hall–Kier alpha value is -2.61. The molecule has 3 heterocycles. The van der Waals surface area contributed by atoms with E-state index in [1.54, 1.807) is 38.2 Å². The summed E-state index contributed by atoms with van der Waals surface area (Å²) in [4.78, 5) is 23.4. The highest BCUT2D eigenvalue weighted by Crippen LogP contribution is 2.41. The summed E-state index contributed by atoms with van der Waals surface area (Å²) in [6.45, 7) is 4.69. The lowest BCUT2D eigenvalue weighted by atomic mass is 9.96. The number of halogens is 1. The summed E-state index contributed by atoms with van der Waals surface area (Å²) in [5, 5.41) is 13.7. The number of hydrogen-bond donors (Lipinski definition) is 5. The summed E-state index contributed by atoms with van der Waals surface area (Å²) in [7, 11) is -2.48. The van der Waals surface area contributed by atoms with E-state index in [0.29, 0.717) is 58.2 Å². The molecule has 6 N–H and O–H groups in total. The van der Waals surface area contributed by atoms with E-state index >= 15 is 0 Å². The van der Waals surface area contributed by atoms with E-state index in [0.717, 1.165) is 0 Å². The molecular formula is C23H28FN5O4S2. The first kappa shape index (κ1) is 25.5. The average molecular weight is 522 g/mol. The van der Waals surface area contributed by atoms with Crippen LogP contribution in [0.1, 0.15) is 35.6 Å². The molecule has 1 fully saturated rings. The maximum Gasteiger partial charge on any atom is 0.251 e. The zero-order valence-electron chi connectivity index (χ0n) is 19.4. The highest BCUT2D eigenvalue weighted by atomic mass is 32.3. The minimum absolute atomic E-state index is 0.206. The molecule has 1 saturated heterocycles. The van der Waals surface area contributed by atoms with Crippen molar-refractivity contribution in [3.05, 3.63) is 59.3 Å². The Kier molecular flexibility index (Phi) is 7.13. The maximum absolute atomic E-state index is 14.9. The van der Waals surface area contributed by atoms with E-state index in [1.165, 1.54) is 23.5 Å². The molecule has 0 spiro atoms. The fourth-order valence-electron chi connectivity index (χ4n) is 3.68. The molecule has 1 amide bonds. The lowest BCUT2D eigenvalue weighted by molar-refractivity contribution is 0.0782. The van der Waals surface area contributed by atoms with E-state index in [4.69, 9.17) is 5.73 Å². The second-order valence-electron chi connectivity index (χ2n) is 8.94. The smallest absolute Gasteiger partial charge is 0.251 e. The van der Waals surface area contributed by atoms with Gasteiger partial charge in [-0.25, -0.2) is 14.4 Å². The topological polar surface area (TPSA) is 145 Å². The van der Waals surface area contributed by atoms with Gasteiger partial charge in [0.05, 0.1) is 29.2 Å². The number of carbonyl (C=O) groups is 1. The number of amides is 1. The van der Waals surface area contributed by atoms with Crippen LogP contribution in [0.3, 0.4) is 0 Å². The average Bonchev–Trinajstić information content (AvgIpc) is 3.18. The maximum atomic E-state index is 14.9. The Morgan fingerprint density at radius 1 is 1.26 bits per heavy atom. The fourth-order valence-corrected chi connectivity index (χ4v) is 6.08. The van der Waals surface area contributed by atoms with Crippen molar-refractivity contribution in [1.29, 1.82) is 0 Å². The van der Waals surface area contributed by atoms with Crippen molar-refractivity contribution in [1.82, 2.24) is 14.9 Å². The van der Waals surface area contributed by atoms with E-state index in [2.05, 4.69) is 20.2 Å². The summed E-state index contributed by atoms with van der Waals surface area (Å²) in [5.74, 6) is 0.473. The number of aromatic nitrogens is 2. The van der Waals surface area contributed by atoms with Crippen LogP contribution in [-0.4, -0.2) is 59.6 Å². The predicted octanol–water partition coefficient (Wildman–Crippen LogP) is 3.98. The van der Waals surface area contributed by atoms with Gasteiger partial charge in [-0.05, 0) is 37.6 Å². The molecule has 9 nitrogen and oxygen atoms in total. The number of anilines is 2. The number of nitrogens with zero attached hydrogens (tertiary/aromatic N) is 3. The molecular weight excluding hydrogens is 493 g/mol. The molecule has 0 bridgehead atoms. The van der Waals surface area contributed by atoms with Crippen LogP contribution in [0.5, 0.6) is 0 Å². The number of primary amides is 1. The largest absolute Gasteiger partial charge is 0.386 e. The number of hydrogen-bond acceptors (Lipinski definition) is 9. The van der Waals surface area contributed by atoms with Crippen molar-refractivity contribution < 1.29 is 23.4 Å². The Labute approximate surface area is 208 Å². The second kappa shape index (κ2) is 9.80. The monoisotopic (exact) mass is 521 g/mol. The Morgan fingerprint density at radius 2 is 1.97 bits per heavy atom. The van der Waals surface area contributed by atoms with E-state index in [9.17, 15) is 23.4 Å². The minimum atomic E-state index is -2.48. The Morgan fingerprint density at radius 3 is 2.60 bits per heavy atom. The summed E-state index contributed by atoms with van der Waals surface area (Å²) in [5.41, 5.74) is 5.33. The lowest BCUT2D eigenvalue weighted by Gasteiger charge is -2.40. The van der Waals surface area contributed by atoms with Gasteiger partial charge in [0.2, 0.25) is 0 Å². The number of carbonyl (C=O) groups excluding carboxylic acids is 1. The van der Waals surface area contributed by atoms with Crippen LogP contribution in [-0.2, 0) is 12.1 Å². The molecule has 12 heteroatoms. The van der Waals surface area contributed by atoms with Gasteiger partial charge in [0, 0.05) is 29.7 Å². The molecule has 3 aromatic rings. The molecule has 188 valence electrons. The Balaban J connectivity index is 1.55. The molecule has 1 aromatic carbocycles.